The van der Waals surface area contributed by atoms with Crippen LogP contribution in [-0.4, -0.2) is 50.8 Å². The molecule has 1 N–H and O–H groups in total. The van der Waals surface area contributed by atoms with Crippen LogP contribution in [0.25, 0.3) is 11.2 Å². The number of hydrogen-bond acceptors (Lipinski definition) is 6. The van der Waals surface area contributed by atoms with Gasteiger partial charge in [-0.2, -0.15) is 4.31 Å². The van der Waals surface area contributed by atoms with Gasteiger partial charge < -0.3 is 4.98 Å². The molecule has 2 aromatic heterocycles. The summed E-state index contributed by atoms with van der Waals surface area (Å²) < 4.78 is 29.1. The molecule has 0 unspecified atom stereocenters. The first kappa shape index (κ1) is 22.7. The first-order valence-corrected chi connectivity index (χ1v) is 12.8. The van der Waals surface area contributed by atoms with Gasteiger partial charge in [0.05, 0.1) is 11.4 Å². The number of benzene rings is 2. The number of H-pyrrole nitrogens is 1. The molecule has 9 nitrogen and oxygen atoms in total. The van der Waals surface area contributed by atoms with Gasteiger partial charge in [-0.3, -0.25) is 4.79 Å². The molecule has 1 saturated heterocycles. The van der Waals surface area contributed by atoms with Crippen molar-refractivity contribution in [2.75, 3.05) is 13.1 Å². The maximum absolute atomic E-state index is 13.0. The van der Waals surface area contributed by atoms with E-state index in [1.54, 1.807) is 35.0 Å². The van der Waals surface area contributed by atoms with E-state index >= 15 is 0 Å². The minimum atomic E-state index is -3.56. The van der Waals surface area contributed by atoms with E-state index in [9.17, 15) is 13.2 Å². The molecule has 0 spiro atoms. The fraction of sp³-hybridized carbons (Fsp3) is 0.304. The molecular formula is C23H23ClN6O3S. The standard InChI is InChI=1S/C23H23ClN6O3S/c1-15-6-8-18(9-7-15)34(32,33)29-12-10-16(11-13-29)21-25-22-20(23(31)26-21)27-28-30(22)14-17-4-2-3-5-19(17)24/h2-9,16H,10-14H2,1H3,(H,25,26,31). The number of halogens is 1. The third kappa shape index (κ3) is 4.24. The van der Waals surface area contributed by atoms with E-state index in [4.69, 9.17) is 11.6 Å². The fourth-order valence-electron chi connectivity index (χ4n) is 4.20. The molecule has 5 rings (SSSR count). The van der Waals surface area contributed by atoms with Crippen molar-refractivity contribution in [2.45, 2.75) is 37.1 Å². The minimum Gasteiger partial charge on any atom is -0.308 e. The Morgan fingerprint density at radius 1 is 1.09 bits per heavy atom. The lowest BCUT2D eigenvalue weighted by molar-refractivity contribution is 0.313. The normalized spacial score (nSPS) is 15.7. The Labute approximate surface area is 201 Å². The average Bonchev–Trinajstić information content (AvgIpc) is 3.24. The number of nitrogens with zero attached hydrogens (tertiary/aromatic N) is 5. The topological polar surface area (TPSA) is 114 Å². The zero-order valence-electron chi connectivity index (χ0n) is 18.5. The van der Waals surface area contributed by atoms with Crippen LogP contribution in [0.3, 0.4) is 0 Å². The lowest BCUT2D eigenvalue weighted by Crippen LogP contribution is -2.38. The maximum Gasteiger partial charge on any atom is 0.281 e. The van der Waals surface area contributed by atoms with Crippen LogP contribution >= 0.6 is 11.6 Å². The molecular weight excluding hydrogens is 476 g/mol. The summed E-state index contributed by atoms with van der Waals surface area (Å²) in [5.41, 5.74) is 2.03. The Balaban J connectivity index is 1.37. The maximum atomic E-state index is 13.0. The van der Waals surface area contributed by atoms with Crippen LogP contribution in [0, 0.1) is 6.92 Å². The van der Waals surface area contributed by atoms with E-state index in [1.165, 1.54) is 4.31 Å². The van der Waals surface area contributed by atoms with E-state index < -0.39 is 10.0 Å². The van der Waals surface area contributed by atoms with Crippen molar-refractivity contribution in [2.24, 2.45) is 0 Å². The molecule has 4 aromatic rings. The van der Waals surface area contributed by atoms with Gasteiger partial charge in [0, 0.05) is 24.0 Å². The van der Waals surface area contributed by atoms with Gasteiger partial charge in [-0.05, 0) is 43.5 Å². The van der Waals surface area contributed by atoms with Crippen LogP contribution in [0.1, 0.15) is 35.7 Å². The van der Waals surface area contributed by atoms with Gasteiger partial charge in [0.25, 0.3) is 5.56 Å². The number of aryl methyl sites for hydroxylation is 1. The Morgan fingerprint density at radius 3 is 2.50 bits per heavy atom. The number of fused-ring (bicyclic) bond motifs is 1. The molecule has 2 aromatic carbocycles. The highest BCUT2D eigenvalue weighted by Gasteiger charge is 2.31. The highest BCUT2D eigenvalue weighted by molar-refractivity contribution is 7.89. The van der Waals surface area contributed by atoms with Crippen molar-refractivity contribution in [3.05, 3.63) is 80.9 Å². The molecule has 1 aliphatic heterocycles. The highest BCUT2D eigenvalue weighted by Crippen LogP contribution is 2.29. The largest absolute Gasteiger partial charge is 0.308 e. The van der Waals surface area contributed by atoms with Crippen LogP contribution in [0.2, 0.25) is 5.02 Å². The van der Waals surface area contributed by atoms with Gasteiger partial charge in [-0.1, -0.05) is 52.7 Å². The predicted octanol–water partition coefficient (Wildman–Crippen LogP) is 3.09. The molecule has 176 valence electrons. The van der Waals surface area contributed by atoms with Crippen LogP contribution in [-0.2, 0) is 16.6 Å². The Hall–Kier alpha value is -3.08. The van der Waals surface area contributed by atoms with E-state index in [2.05, 4.69) is 20.3 Å². The van der Waals surface area contributed by atoms with Gasteiger partial charge in [-0.25, -0.2) is 18.1 Å². The molecule has 0 radical (unpaired) electrons. The second kappa shape index (κ2) is 8.94. The molecule has 0 atom stereocenters. The number of aromatic nitrogens is 5. The second-order valence-corrected chi connectivity index (χ2v) is 10.8. The fourth-order valence-corrected chi connectivity index (χ4v) is 5.87. The molecule has 0 saturated carbocycles. The SMILES string of the molecule is Cc1ccc(S(=O)(=O)N2CCC(c3nc4c(nnn4Cc4ccccc4Cl)c(=O)[nH]3)CC2)cc1. The van der Waals surface area contributed by atoms with Gasteiger partial charge in [0.15, 0.2) is 11.2 Å². The summed E-state index contributed by atoms with van der Waals surface area (Å²) in [4.78, 5) is 20.5. The van der Waals surface area contributed by atoms with Crippen molar-refractivity contribution in [3.8, 4) is 0 Å². The van der Waals surface area contributed by atoms with Crippen LogP contribution in [0.4, 0.5) is 0 Å². The predicted molar refractivity (Wildman–Crippen MR) is 128 cm³/mol. The lowest BCUT2D eigenvalue weighted by Gasteiger charge is -2.30. The van der Waals surface area contributed by atoms with E-state index in [1.807, 2.05) is 25.1 Å². The molecule has 11 heteroatoms. The van der Waals surface area contributed by atoms with Crippen LogP contribution in [0.5, 0.6) is 0 Å². The third-order valence-electron chi connectivity index (χ3n) is 6.17. The number of rotatable bonds is 5. The minimum absolute atomic E-state index is 0.0785. The molecule has 0 amide bonds. The van der Waals surface area contributed by atoms with Gasteiger partial charge in [0.2, 0.25) is 10.0 Å². The summed E-state index contributed by atoms with van der Waals surface area (Å²) in [5, 5.41) is 8.69. The second-order valence-electron chi connectivity index (χ2n) is 8.45. The third-order valence-corrected chi connectivity index (χ3v) is 8.45. The van der Waals surface area contributed by atoms with Crippen molar-refractivity contribution in [1.29, 1.82) is 0 Å². The Bertz CT molecular complexity index is 1510. The lowest BCUT2D eigenvalue weighted by atomic mass is 9.97. The van der Waals surface area contributed by atoms with Crippen molar-refractivity contribution < 1.29 is 8.42 Å². The van der Waals surface area contributed by atoms with Crippen LogP contribution < -0.4 is 5.56 Å². The number of nitrogens with one attached hydrogen (secondary N) is 1. The summed E-state index contributed by atoms with van der Waals surface area (Å²) >= 11 is 6.28. The Kier molecular flexibility index (Phi) is 5.97. The first-order valence-electron chi connectivity index (χ1n) is 11.0. The highest BCUT2D eigenvalue weighted by atomic mass is 35.5. The molecule has 34 heavy (non-hydrogen) atoms. The van der Waals surface area contributed by atoms with E-state index in [0.29, 0.717) is 53.9 Å². The average molecular weight is 499 g/mol. The zero-order valence-corrected chi connectivity index (χ0v) is 20.1. The Morgan fingerprint density at radius 2 is 1.79 bits per heavy atom. The number of piperidine rings is 1. The molecule has 1 fully saturated rings. The summed E-state index contributed by atoms with van der Waals surface area (Å²) in [6, 6.07) is 14.3. The molecule has 3 heterocycles. The van der Waals surface area contributed by atoms with E-state index in [-0.39, 0.29) is 17.0 Å². The van der Waals surface area contributed by atoms with Crippen LogP contribution in [0.15, 0.2) is 58.2 Å². The summed E-state index contributed by atoms with van der Waals surface area (Å²) in [5.74, 6) is 0.442. The quantitative estimate of drug-likeness (QED) is 0.452. The summed E-state index contributed by atoms with van der Waals surface area (Å²) in [7, 11) is -3.56. The zero-order chi connectivity index (χ0) is 23.9. The summed E-state index contributed by atoms with van der Waals surface area (Å²) in [6.45, 7) is 2.95. The van der Waals surface area contributed by atoms with Crippen molar-refractivity contribution in [3.63, 3.8) is 0 Å². The van der Waals surface area contributed by atoms with E-state index in [0.717, 1.165) is 11.1 Å². The smallest absolute Gasteiger partial charge is 0.281 e. The summed E-state index contributed by atoms with van der Waals surface area (Å²) in [6.07, 6.45) is 1.09. The van der Waals surface area contributed by atoms with Gasteiger partial charge in [0.1, 0.15) is 5.82 Å². The van der Waals surface area contributed by atoms with Gasteiger partial charge in [-0.15, -0.1) is 5.10 Å². The first-order chi connectivity index (χ1) is 16.3. The number of sulfonamides is 1. The van der Waals surface area contributed by atoms with Crippen molar-refractivity contribution >= 4 is 32.8 Å². The number of aromatic amines is 1. The molecule has 1 aliphatic rings. The number of hydrogen-bond donors (Lipinski definition) is 1. The molecule has 0 aliphatic carbocycles. The van der Waals surface area contributed by atoms with Crippen molar-refractivity contribution in [1.82, 2.24) is 29.3 Å². The monoisotopic (exact) mass is 498 g/mol. The van der Waals surface area contributed by atoms with Gasteiger partial charge >= 0.3 is 0 Å². The molecule has 0 bridgehead atoms.